The molecule has 0 aromatic heterocycles. The molecule has 0 aliphatic carbocycles. The van der Waals surface area contributed by atoms with Crippen LogP contribution in [0.4, 0.5) is 0 Å². The fourth-order valence-electron chi connectivity index (χ4n) is 1.87. The Bertz CT molecular complexity index is 518. The van der Waals surface area contributed by atoms with Gasteiger partial charge in [0.1, 0.15) is 12.1 Å². The maximum absolute atomic E-state index is 12.0. The highest BCUT2D eigenvalue weighted by atomic mass is 16.4. The van der Waals surface area contributed by atoms with Gasteiger partial charge >= 0.3 is 5.97 Å². The van der Waals surface area contributed by atoms with Crippen LogP contribution in [0.2, 0.25) is 0 Å². The van der Waals surface area contributed by atoms with Gasteiger partial charge in [-0.25, -0.2) is 0 Å². The molecule has 9 N–H and O–H groups in total. The average molecular weight is 358 g/mol. The van der Waals surface area contributed by atoms with E-state index in [1.165, 1.54) is 6.92 Å². The SMILES string of the molecule is C[C@H](NC(=O)CCCC(=O)O)C(=O)N[C@H](CCCN=C(N)N)C(N)=O. The van der Waals surface area contributed by atoms with E-state index in [1.54, 1.807) is 0 Å². The summed E-state index contributed by atoms with van der Waals surface area (Å²) in [6.45, 7) is 1.74. The third-order valence-electron chi connectivity index (χ3n) is 3.17. The van der Waals surface area contributed by atoms with E-state index in [2.05, 4.69) is 15.6 Å². The maximum atomic E-state index is 12.0. The lowest BCUT2D eigenvalue weighted by atomic mass is 10.1. The number of carbonyl (C=O) groups excluding carboxylic acids is 3. The van der Waals surface area contributed by atoms with Gasteiger partial charge in [-0.05, 0) is 26.2 Å². The molecule has 0 aromatic rings. The van der Waals surface area contributed by atoms with E-state index in [-0.39, 0.29) is 38.2 Å². The van der Waals surface area contributed by atoms with Gasteiger partial charge in [-0.1, -0.05) is 0 Å². The number of nitrogens with two attached hydrogens (primary N) is 3. The van der Waals surface area contributed by atoms with Crippen LogP contribution in [0, 0.1) is 0 Å². The molecule has 0 bridgehead atoms. The van der Waals surface area contributed by atoms with Crippen LogP contribution in [0.25, 0.3) is 0 Å². The van der Waals surface area contributed by atoms with Crippen molar-refractivity contribution < 1.29 is 24.3 Å². The van der Waals surface area contributed by atoms with Crippen LogP contribution in [0.3, 0.4) is 0 Å². The van der Waals surface area contributed by atoms with E-state index in [1.807, 2.05) is 0 Å². The lowest BCUT2D eigenvalue weighted by molar-refractivity contribution is -0.137. The molecule has 11 heteroatoms. The van der Waals surface area contributed by atoms with Crippen LogP contribution in [0.15, 0.2) is 4.99 Å². The zero-order valence-corrected chi connectivity index (χ0v) is 14.2. The summed E-state index contributed by atoms with van der Waals surface area (Å²) in [5, 5.41) is 13.4. The molecule has 0 unspecified atom stereocenters. The molecule has 0 saturated heterocycles. The molecule has 0 radical (unpaired) electrons. The second kappa shape index (κ2) is 11.6. The first-order valence-electron chi connectivity index (χ1n) is 7.79. The highest BCUT2D eigenvalue weighted by Gasteiger charge is 2.22. The first-order valence-corrected chi connectivity index (χ1v) is 7.79. The number of nitrogens with zero attached hydrogens (tertiary/aromatic N) is 1. The average Bonchev–Trinajstić information content (AvgIpc) is 2.48. The van der Waals surface area contributed by atoms with Crippen molar-refractivity contribution in [2.24, 2.45) is 22.2 Å². The van der Waals surface area contributed by atoms with Crippen molar-refractivity contribution in [2.45, 2.75) is 51.1 Å². The number of primary amides is 1. The molecule has 0 fully saturated rings. The largest absolute Gasteiger partial charge is 0.481 e. The highest BCUT2D eigenvalue weighted by Crippen LogP contribution is 2.00. The summed E-state index contributed by atoms with van der Waals surface area (Å²) in [4.78, 5) is 49.2. The molecule has 0 aliphatic rings. The van der Waals surface area contributed by atoms with Crippen LogP contribution >= 0.6 is 0 Å². The molecule has 0 rings (SSSR count). The number of rotatable bonds is 12. The maximum Gasteiger partial charge on any atom is 0.303 e. The van der Waals surface area contributed by atoms with E-state index in [9.17, 15) is 19.2 Å². The van der Waals surface area contributed by atoms with Crippen molar-refractivity contribution in [3.63, 3.8) is 0 Å². The first-order chi connectivity index (χ1) is 11.6. The standard InChI is InChI=1S/C14H26N6O5/c1-8(19-10(21)5-2-6-11(22)23)13(25)20-9(12(15)24)4-3-7-18-14(16)17/h8-9H,2-7H2,1H3,(H2,15,24)(H,19,21)(H,20,25)(H,22,23)(H4,16,17,18)/t8-,9+/m0/s1. The number of carbonyl (C=O) groups is 4. The molecule has 0 spiro atoms. The van der Waals surface area contributed by atoms with Gasteiger partial charge in [0.2, 0.25) is 17.7 Å². The van der Waals surface area contributed by atoms with Crippen LogP contribution in [-0.2, 0) is 19.2 Å². The van der Waals surface area contributed by atoms with Gasteiger partial charge in [0.25, 0.3) is 0 Å². The van der Waals surface area contributed by atoms with Gasteiger partial charge in [0.05, 0.1) is 0 Å². The molecule has 25 heavy (non-hydrogen) atoms. The summed E-state index contributed by atoms with van der Waals surface area (Å²) in [7, 11) is 0. The lowest BCUT2D eigenvalue weighted by Gasteiger charge is -2.19. The highest BCUT2D eigenvalue weighted by molar-refractivity contribution is 5.91. The van der Waals surface area contributed by atoms with Gasteiger partial charge in [0.15, 0.2) is 5.96 Å². The minimum Gasteiger partial charge on any atom is -0.481 e. The number of carboxylic acid groups (broad SMARTS) is 1. The molecule has 0 saturated carbocycles. The molecule has 11 nitrogen and oxygen atoms in total. The Morgan fingerprint density at radius 1 is 1.04 bits per heavy atom. The molecule has 0 aliphatic heterocycles. The quantitative estimate of drug-likeness (QED) is 0.128. The summed E-state index contributed by atoms with van der Waals surface area (Å²) in [6.07, 6.45) is 0.707. The zero-order valence-electron chi connectivity index (χ0n) is 14.2. The predicted octanol–water partition coefficient (Wildman–Crippen LogP) is -2.23. The Labute approximate surface area is 145 Å². The minimum atomic E-state index is -0.997. The fraction of sp³-hybridized carbons (Fsp3) is 0.643. The third-order valence-corrected chi connectivity index (χ3v) is 3.17. The van der Waals surface area contributed by atoms with Crippen molar-refractivity contribution in [1.29, 1.82) is 0 Å². The minimum absolute atomic E-state index is 0.0122. The van der Waals surface area contributed by atoms with E-state index in [4.69, 9.17) is 22.3 Å². The molecule has 0 heterocycles. The summed E-state index contributed by atoms with van der Waals surface area (Å²) in [5.41, 5.74) is 15.6. The molecular weight excluding hydrogens is 332 g/mol. The molecular formula is C14H26N6O5. The van der Waals surface area contributed by atoms with Gasteiger partial charge in [-0.2, -0.15) is 0 Å². The number of aliphatic imine (C=N–C) groups is 1. The Hall–Kier alpha value is -2.85. The monoisotopic (exact) mass is 358 g/mol. The van der Waals surface area contributed by atoms with Gasteiger partial charge < -0.3 is 32.9 Å². The van der Waals surface area contributed by atoms with Gasteiger partial charge in [-0.3, -0.25) is 24.2 Å². The molecule has 2 atom stereocenters. The van der Waals surface area contributed by atoms with E-state index >= 15 is 0 Å². The summed E-state index contributed by atoms with van der Waals surface area (Å²) in [5.74, 6) is -2.80. The topological polar surface area (TPSA) is 203 Å². The van der Waals surface area contributed by atoms with Crippen LogP contribution in [0.5, 0.6) is 0 Å². The Balaban J connectivity index is 4.34. The summed E-state index contributed by atoms with van der Waals surface area (Å²) in [6, 6.07) is -1.80. The molecule has 142 valence electrons. The van der Waals surface area contributed by atoms with E-state index in [0.717, 1.165) is 0 Å². The lowest BCUT2D eigenvalue weighted by Crippen LogP contribution is -2.51. The Kier molecular flexibility index (Phi) is 10.3. The third kappa shape index (κ3) is 11.3. The Morgan fingerprint density at radius 2 is 1.68 bits per heavy atom. The van der Waals surface area contributed by atoms with Crippen LogP contribution in [-0.4, -0.2) is 53.4 Å². The second-order valence-corrected chi connectivity index (χ2v) is 5.45. The van der Waals surface area contributed by atoms with Gasteiger partial charge in [0, 0.05) is 19.4 Å². The van der Waals surface area contributed by atoms with Crippen molar-refractivity contribution in [3.05, 3.63) is 0 Å². The summed E-state index contributed by atoms with van der Waals surface area (Å²) < 4.78 is 0. The van der Waals surface area contributed by atoms with Crippen LogP contribution in [0.1, 0.15) is 39.0 Å². The Morgan fingerprint density at radius 3 is 2.20 bits per heavy atom. The van der Waals surface area contributed by atoms with Crippen molar-refractivity contribution in [1.82, 2.24) is 10.6 Å². The number of hydrogen-bond donors (Lipinski definition) is 6. The smallest absolute Gasteiger partial charge is 0.303 e. The van der Waals surface area contributed by atoms with E-state index < -0.39 is 35.8 Å². The molecule has 0 aromatic carbocycles. The zero-order chi connectivity index (χ0) is 19.4. The number of aliphatic carboxylic acids is 1. The van der Waals surface area contributed by atoms with Crippen molar-refractivity contribution in [2.75, 3.05) is 6.54 Å². The molecule has 3 amide bonds. The number of hydrogen-bond acceptors (Lipinski definition) is 5. The number of guanidine groups is 1. The predicted molar refractivity (Wildman–Crippen MR) is 90.1 cm³/mol. The van der Waals surface area contributed by atoms with Crippen molar-refractivity contribution in [3.8, 4) is 0 Å². The summed E-state index contributed by atoms with van der Waals surface area (Å²) >= 11 is 0. The van der Waals surface area contributed by atoms with Gasteiger partial charge in [-0.15, -0.1) is 0 Å². The fourth-order valence-corrected chi connectivity index (χ4v) is 1.87. The number of nitrogens with one attached hydrogen (secondary N) is 2. The number of carboxylic acids is 1. The second-order valence-electron chi connectivity index (χ2n) is 5.45. The normalized spacial score (nSPS) is 12.5. The first kappa shape index (κ1) is 22.1. The van der Waals surface area contributed by atoms with Crippen molar-refractivity contribution >= 4 is 29.7 Å². The number of amides is 3. The van der Waals surface area contributed by atoms with E-state index in [0.29, 0.717) is 6.42 Å². The van der Waals surface area contributed by atoms with Crippen LogP contribution < -0.4 is 27.8 Å².